The summed E-state index contributed by atoms with van der Waals surface area (Å²) in [6.07, 6.45) is 3.72. The molecule has 0 saturated heterocycles. The quantitative estimate of drug-likeness (QED) is 0.895. The van der Waals surface area contributed by atoms with E-state index >= 15 is 0 Å². The monoisotopic (exact) mass is 272 g/mol. The standard InChI is InChI=1S/C15H13ClN2O/c16-13-8-14(17-9-13)15(19)18-7-6-12(10-18)11-4-2-1-3-5-11/h1-6,8-9,17H,7,10H2. The highest BCUT2D eigenvalue weighted by Crippen LogP contribution is 2.22. The number of hydrogen-bond acceptors (Lipinski definition) is 1. The minimum absolute atomic E-state index is 0.0194. The largest absolute Gasteiger partial charge is 0.356 e. The molecule has 0 spiro atoms. The van der Waals surface area contributed by atoms with Crippen LogP contribution in [-0.4, -0.2) is 28.9 Å². The van der Waals surface area contributed by atoms with Gasteiger partial charge in [0, 0.05) is 19.3 Å². The van der Waals surface area contributed by atoms with E-state index in [1.54, 1.807) is 17.2 Å². The lowest BCUT2D eigenvalue weighted by molar-refractivity contribution is 0.0796. The highest BCUT2D eigenvalue weighted by atomic mass is 35.5. The van der Waals surface area contributed by atoms with E-state index in [4.69, 9.17) is 11.6 Å². The van der Waals surface area contributed by atoms with Crippen molar-refractivity contribution in [1.29, 1.82) is 0 Å². The molecule has 19 heavy (non-hydrogen) atoms. The Balaban J connectivity index is 1.73. The zero-order valence-corrected chi connectivity index (χ0v) is 11.0. The van der Waals surface area contributed by atoms with Gasteiger partial charge in [-0.2, -0.15) is 0 Å². The van der Waals surface area contributed by atoms with Crippen molar-refractivity contribution >= 4 is 23.1 Å². The predicted octanol–water partition coefficient (Wildman–Crippen LogP) is 3.21. The third kappa shape index (κ3) is 2.42. The number of carbonyl (C=O) groups is 1. The molecule has 0 radical (unpaired) electrons. The molecule has 0 aliphatic carbocycles. The molecule has 0 fully saturated rings. The first-order valence-electron chi connectivity index (χ1n) is 6.12. The van der Waals surface area contributed by atoms with Gasteiger partial charge >= 0.3 is 0 Å². The van der Waals surface area contributed by atoms with E-state index in [9.17, 15) is 4.79 Å². The number of halogens is 1. The minimum Gasteiger partial charge on any atom is -0.356 e. The van der Waals surface area contributed by atoms with E-state index in [1.807, 2.05) is 18.2 Å². The number of rotatable bonds is 2. The van der Waals surface area contributed by atoms with Gasteiger partial charge in [0.25, 0.3) is 5.91 Å². The third-order valence-electron chi connectivity index (χ3n) is 3.23. The summed E-state index contributed by atoms with van der Waals surface area (Å²) >= 11 is 5.82. The smallest absolute Gasteiger partial charge is 0.270 e. The number of H-pyrrole nitrogens is 1. The van der Waals surface area contributed by atoms with Gasteiger partial charge in [-0.25, -0.2) is 0 Å². The van der Waals surface area contributed by atoms with Crippen LogP contribution in [0.3, 0.4) is 0 Å². The van der Waals surface area contributed by atoms with Gasteiger partial charge in [0.15, 0.2) is 0 Å². The van der Waals surface area contributed by atoms with E-state index in [0.717, 1.165) is 0 Å². The molecule has 96 valence electrons. The van der Waals surface area contributed by atoms with Gasteiger partial charge in [-0.1, -0.05) is 48.0 Å². The molecule has 1 aliphatic rings. The molecule has 0 atom stereocenters. The summed E-state index contributed by atoms with van der Waals surface area (Å²) in [5.74, 6) is -0.0194. The van der Waals surface area contributed by atoms with E-state index in [1.165, 1.54) is 11.1 Å². The molecule has 2 aromatic rings. The molecular weight excluding hydrogens is 260 g/mol. The van der Waals surface area contributed by atoms with Crippen molar-refractivity contribution < 1.29 is 4.79 Å². The molecule has 1 amide bonds. The lowest BCUT2D eigenvalue weighted by Crippen LogP contribution is -2.29. The number of nitrogens with zero attached hydrogens (tertiary/aromatic N) is 1. The maximum Gasteiger partial charge on any atom is 0.270 e. The topological polar surface area (TPSA) is 36.1 Å². The fourth-order valence-electron chi connectivity index (χ4n) is 2.23. The van der Waals surface area contributed by atoms with Crippen LogP contribution in [0.1, 0.15) is 16.1 Å². The zero-order chi connectivity index (χ0) is 13.2. The molecule has 3 rings (SSSR count). The fraction of sp³-hybridized carbons (Fsp3) is 0.133. The maximum atomic E-state index is 12.2. The van der Waals surface area contributed by atoms with E-state index in [2.05, 4.69) is 23.2 Å². The van der Waals surface area contributed by atoms with Crippen molar-refractivity contribution in [1.82, 2.24) is 9.88 Å². The van der Waals surface area contributed by atoms with E-state index < -0.39 is 0 Å². The van der Waals surface area contributed by atoms with Gasteiger partial charge in [-0.15, -0.1) is 0 Å². The number of carbonyl (C=O) groups excluding carboxylic acids is 1. The minimum atomic E-state index is -0.0194. The van der Waals surface area contributed by atoms with Crippen molar-refractivity contribution in [2.75, 3.05) is 13.1 Å². The number of aromatic amines is 1. The Labute approximate surface area is 116 Å². The predicted molar refractivity (Wildman–Crippen MR) is 76.1 cm³/mol. The summed E-state index contributed by atoms with van der Waals surface area (Å²) in [4.78, 5) is 16.9. The van der Waals surface area contributed by atoms with Crippen LogP contribution in [0.4, 0.5) is 0 Å². The second-order valence-corrected chi connectivity index (χ2v) is 4.95. The van der Waals surface area contributed by atoms with Gasteiger partial charge in [0.1, 0.15) is 5.69 Å². The van der Waals surface area contributed by atoms with Gasteiger partial charge in [0.2, 0.25) is 0 Å². The Kier molecular flexibility index (Phi) is 3.13. The van der Waals surface area contributed by atoms with Crippen molar-refractivity contribution in [2.24, 2.45) is 0 Å². The van der Waals surface area contributed by atoms with Crippen LogP contribution in [0.25, 0.3) is 5.57 Å². The Hall–Kier alpha value is -2.00. The van der Waals surface area contributed by atoms with Gasteiger partial charge in [-0.05, 0) is 17.2 Å². The van der Waals surface area contributed by atoms with Crippen molar-refractivity contribution in [3.05, 3.63) is 65.0 Å². The lowest BCUT2D eigenvalue weighted by atomic mass is 10.1. The highest BCUT2D eigenvalue weighted by molar-refractivity contribution is 6.30. The molecule has 4 heteroatoms. The molecule has 1 aliphatic heterocycles. The van der Waals surface area contributed by atoms with Crippen LogP contribution in [0.5, 0.6) is 0 Å². The number of hydrogen-bond donors (Lipinski definition) is 1. The first-order valence-corrected chi connectivity index (χ1v) is 6.49. The molecule has 3 nitrogen and oxygen atoms in total. The van der Waals surface area contributed by atoms with Gasteiger partial charge in [0.05, 0.1) is 5.02 Å². The van der Waals surface area contributed by atoms with Crippen LogP contribution in [0, 0.1) is 0 Å². The number of aromatic nitrogens is 1. The maximum absolute atomic E-state index is 12.2. The molecular formula is C15H13ClN2O. The molecule has 0 saturated carbocycles. The third-order valence-corrected chi connectivity index (χ3v) is 3.45. The molecule has 1 aromatic carbocycles. The summed E-state index contributed by atoms with van der Waals surface area (Å²) in [5, 5.41) is 0.554. The Morgan fingerprint density at radius 1 is 1.26 bits per heavy atom. The Morgan fingerprint density at radius 2 is 2.05 bits per heavy atom. The van der Waals surface area contributed by atoms with Crippen molar-refractivity contribution in [3.8, 4) is 0 Å². The molecule has 1 N–H and O–H groups in total. The molecule has 0 unspecified atom stereocenters. The second kappa shape index (κ2) is 4.94. The normalized spacial score (nSPS) is 14.6. The fourth-order valence-corrected chi connectivity index (χ4v) is 2.40. The molecule has 2 heterocycles. The Bertz CT molecular complexity index is 631. The average Bonchev–Trinajstić information content (AvgIpc) is 3.08. The summed E-state index contributed by atoms with van der Waals surface area (Å²) < 4.78 is 0. The first-order chi connectivity index (χ1) is 9.24. The van der Waals surface area contributed by atoms with Crippen molar-refractivity contribution in [3.63, 3.8) is 0 Å². The summed E-state index contributed by atoms with van der Waals surface area (Å²) in [5.41, 5.74) is 2.89. The summed E-state index contributed by atoms with van der Waals surface area (Å²) in [7, 11) is 0. The van der Waals surface area contributed by atoms with Crippen LogP contribution < -0.4 is 0 Å². The highest BCUT2D eigenvalue weighted by Gasteiger charge is 2.22. The lowest BCUT2D eigenvalue weighted by Gasteiger charge is -2.15. The van der Waals surface area contributed by atoms with Crippen molar-refractivity contribution in [2.45, 2.75) is 0 Å². The molecule has 1 aromatic heterocycles. The SMILES string of the molecule is O=C(c1cc(Cl)c[nH]1)N1CC=C(c2ccccc2)C1. The van der Waals surface area contributed by atoms with Crippen LogP contribution >= 0.6 is 11.6 Å². The average molecular weight is 273 g/mol. The van der Waals surface area contributed by atoms with Crippen LogP contribution in [-0.2, 0) is 0 Å². The first kappa shape index (κ1) is 12.1. The van der Waals surface area contributed by atoms with Crippen LogP contribution in [0.2, 0.25) is 5.02 Å². The van der Waals surface area contributed by atoms with E-state index in [0.29, 0.717) is 23.8 Å². The second-order valence-electron chi connectivity index (χ2n) is 4.51. The van der Waals surface area contributed by atoms with Crippen LogP contribution in [0.15, 0.2) is 48.7 Å². The number of nitrogens with one attached hydrogen (secondary N) is 1. The Morgan fingerprint density at radius 3 is 2.74 bits per heavy atom. The molecule has 0 bridgehead atoms. The summed E-state index contributed by atoms with van der Waals surface area (Å²) in [6, 6.07) is 11.8. The van der Waals surface area contributed by atoms with E-state index in [-0.39, 0.29) is 5.91 Å². The zero-order valence-electron chi connectivity index (χ0n) is 10.3. The van der Waals surface area contributed by atoms with Gasteiger partial charge < -0.3 is 9.88 Å². The number of benzene rings is 1. The summed E-state index contributed by atoms with van der Waals surface area (Å²) in [6.45, 7) is 1.28. The van der Waals surface area contributed by atoms with Gasteiger partial charge in [-0.3, -0.25) is 4.79 Å². The number of amides is 1.